The summed E-state index contributed by atoms with van der Waals surface area (Å²) in [5, 5.41) is 17.7. The zero-order chi connectivity index (χ0) is 13.1. The largest absolute Gasteiger partial charge is 0.375 e. The molecule has 0 spiro atoms. The fourth-order valence-corrected chi connectivity index (χ4v) is 2.57. The lowest BCUT2D eigenvalue weighted by molar-refractivity contribution is -0.384. The number of hydrogen-bond acceptors (Lipinski definition) is 4. The maximum absolute atomic E-state index is 11.0. The third kappa shape index (κ3) is 3.00. The van der Waals surface area contributed by atoms with Crippen LogP contribution in [0.2, 0.25) is 0 Å². The Morgan fingerprint density at radius 2 is 2.33 bits per heavy atom. The number of rotatable bonds is 3. The number of nitrogens with zero attached hydrogens (tertiary/aromatic N) is 1. The first kappa shape index (κ1) is 13.3. The summed E-state index contributed by atoms with van der Waals surface area (Å²) in [6, 6.07) is 5.66. The molecule has 2 N–H and O–H groups in total. The van der Waals surface area contributed by atoms with Crippen molar-refractivity contribution >= 4 is 27.3 Å². The van der Waals surface area contributed by atoms with E-state index in [1.807, 2.05) is 6.07 Å². The monoisotopic (exact) mass is 313 g/mol. The van der Waals surface area contributed by atoms with Gasteiger partial charge in [0, 0.05) is 22.6 Å². The van der Waals surface area contributed by atoms with Crippen LogP contribution in [0.4, 0.5) is 11.4 Å². The minimum absolute atomic E-state index is 0.113. The van der Waals surface area contributed by atoms with Crippen LogP contribution >= 0.6 is 15.9 Å². The van der Waals surface area contributed by atoms with Gasteiger partial charge in [-0.15, -0.1) is 0 Å². The Morgan fingerprint density at radius 1 is 1.56 bits per heavy atom. The van der Waals surface area contributed by atoms with E-state index in [1.54, 1.807) is 6.07 Å². The van der Waals surface area contributed by atoms with Gasteiger partial charge in [-0.3, -0.25) is 10.1 Å². The number of nitro benzene ring substituents is 1. The zero-order valence-electron chi connectivity index (χ0n) is 10.1. The molecule has 0 aliphatic carbocycles. The summed E-state index contributed by atoms with van der Waals surface area (Å²) in [6.45, 7) is 3.11. The Labute approximate surface area is 114 Å². The fraction of sp³-hybridized carbons (Fsp3) is 0.500. The summed E-state index contributed by atoms with van der Waals surface area (Å²) in [4.78, 5) is 10.7. The Kier molecular flexibility index (Phi) is 4.19. The van der Waals surface area contributed by atoms with E-state index in [2.05, 4.69) is 33.5 Å². The highest BCUT2D eigenvalue weighted by Gasteiger charge is 2.23. The van der Waals surface area contributed by atoms with Crippen LogP contribution in [-0.4, -0.2) is 23.6 Å². The molecule has 18 heavy (non-hydrogen) atoms. The van der Waals surface area contributed by atoms with Crippen LogP contribution in [0.1, 0.15) is 19.8 Å². The fourth-order valence-electron chi connectivity index (χ4n) is 2.22. The molecule has 2 rings (SSSR count). The van der Waals surface area contributed by atoms with Crippen molar-refractivity contribution < 1.29 is 4.92 Å². The highest BCUT2D eigenvalue weighted by molar-refractivity contribution is 9.10. The third-order valence-electron chi connectivity index (χ3n) is 3.26. The minimum Gasteiger partial charge on any atom is -0.375 e. The maximum atomic E-state index is 11.0. The van der Waals surface area contributed by atoms with Crippen molar-refractivity contribution in [3.63, 3.8) is 0 Å². The van der Waals surface area contributed by atoms with Crippen molar-refractivity contribution in [2.24, 2.45) is 0 Å². The molecule has 98 valence electrons. The molecule has 1 heterocycles. The number of halogens is 1. The third-order valence-corrected chi connectivity index (χ3v) is 3.75. The number of nitro groups is 1. The summed E-state index contributed by atoms with van der Waals surface area (Å²) in [6.07, 6.45) is 2.12. The van der Waals surface area contributed by atoms with Crippen LogP contribution in [0.15, 0.2) is 22.7 Å². The first-order valence-electron chi connectivity index (χ1n) is 6.02. The molecule has 0 radical (unpaired) electrons. The quantitative estimate of drug-likeness (QED) is 0.665. The van der Waals surface area contributed by atoms with Gasteiger partial charge in [-0.05, 0) is 38.4 Å². The Balaban J connectivity index is 2.20. The van der Waals surface area contributed by atoms with Gasteiger partial charge in [0.25, 0.3) is 5.69 Å². The molecule has 1 aromatic carbocycles. The summed E-state index contributed by atoms with van der Waals surface area (Å²) >= 11 is 3.26. The van der Waals surface area contributed by atoms with Crippen LogP contribution in [-0.2, 0) is 0 Å². The minimum atomic E-state index is -0.353. The normalized spacial score (nSPS) is 23.7. The first-order valence-corrected chi connectivity index (χ1v) is 6.81. The van der Waals surface area contributed by atoms with Crippen LogP contribution in [0.3, 0.4) is 0 Å². The van der Waals surface area contributed by atoms with E-state index >= 15 is 0 Å². The Morgan fingerprint density at radius 3 is 3.00 bits per heavy atom. The lowest BCUT2D eigenvalue weighted by Crippen LogP contribution is -2.46. The number of anilines is 1. The van der Waals surface area contributed by atoms with Gasteiger partial charge in [-0.1, -0.05) is 15.9 Å². The van der Waals surface area contributed by atoms with Crippen molar-refractivity contribution in [1.82, 2.24) is 5.32 Å². The van der Waals surface area contributed by atoms with Gasteiger partial charge in [0.05, 0.1) is 4.92 Å². The van der Waals surface area contributed by atoms with Crippen LogP contribution < -0.4 is 10.6 Å². The molecule has 0 saturated carbocycles. The number of nitrogens with one attached hydrogen (secondary N) is 2. The topological polar surface area (TPSA) is 67.2 Å². The summed E-state index contributed by atoms with van der Waals surface area (Å²) in [5.74, 6) is 0. The molecule has 0 aromatic heterocycles. The molecular weight excluding hydrogens is 298 g/mol. The van der Waals surface area contributed by atoms with Crippen molar-refractivity contribution in [3.05, 3.63) is 32.8 Å². The molecule has 2 atom stereocenters. The number of hydrogen-bond donors (Lipinski definition) is 2. The van der Waals surface area contributed by atoms with Gasteiger partial charge in [-0.2, -0.15) is 0 Å². The first-order chi connectivity index (χ1) is 8.58. The molecule has 1 saturated heterocycles. The lowest BCUT2D eigenvalue weighted by Gasteiger charge is -2.31. The van der Waals surface area contributed by atoms with Crippen molar-refractivity contribution in [3.8, 4) is 0 Å². The van der Waals surface area contributed by atoms with Crippen LogP contribution in [0.25, 0.3) is 0 Å². The maximum Gasteiger partial charge on any atom is 0.293 e. The van der Waals surface area contributed by atoms with Crippen LogP contribution in [0, 0.1) is 10.1 Å². The molecule has 6 heteroatoms. The lowest BCUT2D eigenvalue weighted by atomic mass is 9.99. The molecule has 1 fully saturated rings. The van der Waals surface area contributed by atoms with E-state index in [9.17, 15) is 10.1 Å². The Hall–Kier alpha value is -1.14. The smallest absolute Gasteiger partial charge is 0.293 e. The second-order valence-corrected chi connectivity index (χ2v) is 5.47. The molecule has 1 aliphatic rings. The molecule has 1 aliphatic heterocycles. The highest BCUT2D eigenvalue weighted by Crippen LogP contribution is 2.29. The standard InChI is InChI=1S/C12H16BrN3O2/c1-8-10(3-2-6-14-8)15-11-5-4-9(13)7-12(11)16(17)18/h4-5,7-8,10,14-15H,2-3,6H2,1H3. The molecule has 2 unspecified atom stereocenters. The SMILES string of the molecule is CC1NCCCC1Nc1ccc(Br)cc1[N+](=O)[O-]. The van der Waals surface area contributed by atoms with Crippen molar-refractivity contribution in [1.29, 1.82) is 0 Å². The van der Waals surface area contributed by atoms with E-state index < -0.39 is 0 Å². The molecule has 5 nitrogen and oxygen atoms in total. The molecule has 0 amide bonds. The van der Waals surface area contributed by atoms with E-state index in [1.165, 1.54) is 6.07 Å². The summed E-state index contributed by atoms with van der Waals surface area (Å²) in [7, 11) is 0. The van der Waals surface area contributed by atoms with Gasteiger partial charge in [0.2, 0.25) is 0 Å². The van der Waals surface area contributed by atoms with Gasteiger partial charge >= 0.3 is 0 Å². The van der Waals surface area contributed by atoms with Gasteiger partial charge < -0.3 is 10.6 Å². The molecule has 0 bridgehead atoms. The van der Waals surface area contributed by atoms with Crippen LogP contribution in [0.5, 0.6) is 0 Å². The second kappa shape index (κ2) is 5.67. The predicted octanol–water partition coefficient (Wildman–Crippen LogP) is 2.91. The van der Waals surface area contributed by atoms with Gasteiger partial charge in [0.15, 0.2) is 0 Å². The number of benzene rings is 1. The zero-order valence-corrected chi connectivity index (χ0v) is 11.7. The second-order valence-electron chi connectivity index (χ2n) is 4.55. The van der Waals surface area contributed by atoms with E-state index in [0.29, 0.717) is 11.7 Å². The summed E-state index contributed by atoms with van der Waals surface area (Å²) in [5.41, 5.74) is 0.700. The van der Waals surface area contributed by atoms with E-state index in [4.69, 9.17) is 0 Å². The van der Waals surface area contributed by atoms with Crippen molar-refractivity contribution in [2.45, 2.75) is 31.8 Å². The van der Waals surface area contributed by atoms with Gasteiger partial charge in [0.1, 0.15) is 5.69 Å². The average molecular weight is 314 g/mol. The summed E-state index contributed by atoms with van der Waals surface area (Å²) < 4.78 is 0.717. The number of piperidine rings is 1. The predicted molar refractivity (Wildman–Crippen MR) is 74.9 cm³/mol. The van der Waals surface area contributed by atoms with Gasteiger partial charge in [-0.25, -0.2) is 0 Å². The van der Waals surface area contributed by atoms with Crippen molar-refractivity contribution in [2.75, 3.05) is 11.9 Å². The average Bonchev–Trinajstić information content (AvgIpc) is 2.34. The van der Waals surface area contributed by atoms with E-state index in [0.717, 1.165) is 23.9 Å². The van der Waals surface area contributed by atoms with E-state index in [-0.39, 0.29) is 16.7 Å². The molecule has 1 aromatic rings. The molecular formula is C12H16BrN3O2. The Bertz CT molecular complexity index is 453. The highest BCUT2D eigenvalue weighted by atomic mass is 79.9.